The van der Waals surface area contributed by atoms with Gasteiger partial charge in [0.05, 0.1) is 11.2 Å². The Morgan fingerprint density at radius 2 is 1.02 bits per heavy atom. The normalized spacial score (nSPS) is 12.7. The van der Waals surface area contributed by atoms with Crippen LogP contribution in [0, 0.1) is 0 Å². The van der Waals surface area contributed by atoms with Crippen LogP contribution in [0.2, 0.25) is 0 Å². The fraction of sp³-hybridized carbons (Fsp3) is 0.167. The van der Waals surface area contributed by atoms with Crippen molar-refractivity contribution in [2.24, 2.45) is 0 Å². The smallest absolute Gasteiger partial charge is 0.331 e. The lowest BCUT2D eigenvalue weighted by atomic mass is 9.82. The van der Waals surface area contributed by atoms with Gasteiger partial charge in [-0.25, -0.2) is 0 Å². The highest BCUT2D eigenvalue weighted by Gasteiger charge is 2.35. The maximum atomic E-state index is 10.4. The van der Waals surface area contributed by atoms with E-state index in [1.54, 1.807) is 21.3 Å². The van der Waals surface area contributed by atoms with E-state index in [-0.39, 0.29) is 0 Å². The van der Waals surface area contributed by atoms with Crippen molar-refractivity contribution in [1.82, 2.24) is 0 Å². The standard InChI is InChI=1S/C36H30BO3/c1-35(2,38)36(3,4)40-37-24-15-18-31-30-17-14-23(20-33(30)39-34(31)21-24)22-13-16-29-27-11-6-5-9-25(27)26-10-7-8-12-28(26)32(29)19-22/h5-21,38H,1-4H3. The molecule has 1 heterocycles. The molecule has 4 heteroatoms. The van der Waals surface area contributed by atoms with E-state index in [9.17, 15) is 5.11 Å². The Morgan fingerprint density at radius 1 is 0.550 bits per heavy atom. The molecule has 0 aliphatic heterocycles. The summed E-state index contributed by atoms with van der Waals surface area (Å²) in [5.74, 6) is 0. The molecule has 6 aromatic carbocycles. The van der Waals surface area contributed by atoms with Crippen molar-refractivity contribution in [3.63, 3.8) is 0 Å². The Balaban J connectivity index is 1.30. The minimum atomic E-state index is -0.981. The molecule has 1 radical (unpaired) electrons. The van der Waals surface area contributed by atoms with E-state index in [1.165, 1.54) is 32.3 Å². The molecule has 1 N–H and O–H groups in total. The summed E-state index contributed by atoms with van der Waals surface area (Å²) in [6.07, 6.45) is 0. The molecule has 0 aliphatic carbocycles. The van der Waals surface area contributed by atoms with Gasteiger partial charge in [-0.15, -0.1) is 0 Å². The summed E-state index contributed by atoms with van der Waals surface area (Å²) in [6, 6.07) is 36.6. The van der Waals surface area contributed by atoms with Gasteiger partial charge in [-0.05, 0) is 101 Å². The average molecular weight is 521 g/mol. The average Bonchev–Trinajstić information content (AvgIpc) is 3.32. The molecule has 0 spiro atoms. The van der Waals surface area contributed by atoms with Crippen LogP contribution in [0.3, 0.4) is 0 Å². The molecule has 1 aromatic heterocycles. The second-order valence-corrected chi connectivity index (χ2v) is 11.7. The fourth-order valence-corrected chi connectivity index (χ4v) is 5.49. The number of furan rings is 1. The zero-order valence-electron chi connectivity index (χ0n) is 23.2. The van der Waals surface area contributed by atoms with E-state index in [1.807, 2.05) is 26.0 Å². The molecular weight excluding hydrogens is 491 g/mol. The summed E-state index contributed by atoms with van der Waals surface area (Å²) < 4.78 is 12.3. The topological polar surface area (TPSA) is 42.6 Å². The molecule has 3 nitrogen and oxygen atoms in total. The number of rotatable bonds is 5. The van der Waals surface area contributed by atoms with Crippen LogP contribution in [0.25, 0.3) is 65.4 Å². The van der Waals surface area contributed by atoms with Crippen LogP contribution in [0.15, 0.2) is 108 Å². The predicted molar refractivity (Wildman–Crippen MR) is 169 cm³/mol. The third-order valence-corrected chi connectivity index (χ3v) is 8.54. The van der Waals surface area contributed by atoms with Crippen molar-refractivity contribution in [1.29, 1.82) is 0 Å². The molecule has 0 bridgehead atoms. The molecule has 7 aromatic rings. The Bertz CT molecular complexity index is 2040. The quantitative estimate of drug-likeness (QED) is 0.182. The fourth-order valence-electron chi connectivity index (χ4n) is 5.49. The van der Waals surface area contributed by atoms with Crippen LogP contribution in [-0.4, -0.2) is 23.8 Å². The number of benzene rings is 6. The maximum Gasteiger partial charge on any atom is 0.331 e. The van der Waals surface area contributed by atoms with Crippen molar-refractivity contribution >= 4 is 67.2 Å². The van der Waals surface area contributed by atoms with Gasteiger partial charge in [-0.3, -0.25) is 0 Å². The zero-order valence-corrected chi connectivity index (χ0v) is 23.2. The molecule has 0 amide bonds. The Morgan fingerprint density at radius 3 is 1.62 bits per heavy atom. The molecule has 0 unspecified atom stereocenters. The van der Waals surface area contributed by atoms with Gasteiger partial charge in [0.1, 0.15) is 11.2 Å². The van der Waals surface area contributed by atoms with E-state index in [4.69, 9.17) is 9.07 Å². The van der Waals surface area contributed by atoms with E-state index in [2.05, 4.69) is 91.0 Å². The highest BCUT2D eigenvalue weighted by atomic mass is 16.5. The number of hydrogen-bond donors (Lipinski definition) is 1. The molecule has 0 saturated heterocycles. The first kappa shape index (κ1) is 24.9. The molecule has 7 rings (SSSR count). The van der Waals surface area contributed by atoms with Crippen LogP contribution in [0.1, 0.15) is 27.7 Å². The molecule has 0 aliphatic rings. The van der Waals surface area contributed by atoms with Crippen LogP contribution in [-0.2, 0) is 4.65 Å². The summed E-state index contributed by atoms with van der Waals surface area (Å²) in [4.78, 5) is 0. The van der Waals surface area contributed by atoms with E-state index < -0.39 is 11.2 Å². The molecule has 0 atom stereocenters. The minimum absolute atomic E-state index is 0.734. The van der Waals surface area contributed by atoms with Crippen molar-refractivity contribution < 1.29 is 14.2 Å². The van der Waals surface area contributed by atoms with Gasteiger partial charge in [-0.1, -0.05) is 78.9 Å². The van der Waals surface area contributed by atoms with Crippen molar-refractivity contribution in [3.8, 4) is 11.1 Å². The van der Waals surface area contributed by atoms with Gasteiger partial charge in [0.25, 0.3) is 0 Å². The van der Waals surface area contributed by atoms with Crippen LogP contribution < -0.4 is 5.46 Å². The third-order valence-electron chi connectivity index (χ3n) is 8.54. The van der Waals surface area contributed by atoms with Crippen molar-refractivity contribution in [2.75, 3.05) is 0 Å². The lowest BCUT2D eigenvalue weighted by Crippen LogP contribution is -2.49. The van der Waals surface area contributed by atoms with Crippen LogP contribution in [0.4, 0.5) is 0 Å². The minimum Gasteiger partial charge on any atom is -0.456 e. The summed E-state index contributed by atoms with van der Waals surface area (Å²) in [6.45, 7) is 7.26. The Hall–Kier alpha value is -4.12. The Kier molecular flexibility index (Phi) is 5.57. The number of hydrogen-bond acceptors (Lipinski definition) is 3. The SMILES string of the molecule is CC(C)(O)C(C)(C)O[B]c1ccc2c(c1)oc1cc(-c3ccc4c5ccccc5c5ccccc5c4c3)ccc12. The summed E-state index contributed by atoms with van der Waals surface area (Å²) >= 11 is 0. The first-order valence-corrected chi connectivity index (χ1v) is 13.7. The van der Waals surface area contributed by atoms with Gasteiger partial charge >= 0.3 is 7.48 Å². The first-order chi connectivity index (χ1) is 19.2. The zero-order chi connectivity index (χ0) is 27.6. The molecular formula is C36H30BO3. The van der Waals surface area contributed by atoms with E-state index >= 15 is 0 Å². The maximum absolute atomic E-state index is 10.4. The van der Waals surface area contributed by atoms with Crippen LogP contribution in [0.5, 0.6) is 0 Å². The van der Waals surface area contributed by atoms with Crippen LogP contribution >= 0.6 is 0 Å². The summed E-state index contributed by atoms with van der Waals surface area (Å²) in [5.41, 5.74) is 3.11. The summed E-state index contributed by atoms with van der Waals surface area (Å²) in [7, 11) is 1.69. The molecule has 195 valence electrons. The largest absolute Gasteiger partial charge is 0.456 e. The second-order valence-electron chi connectivity index (χ2n) is 11.7. The highest BCUT2D eigenvalue weighted by molar-refractivity contribution is 6.47. The highest BCUT2D eigenvalue weighted by Crippen LogP contribution is 2.38. The van der Waals surface area contributed by atoms with Gasteiger partial charge in [0.2, 0.25) is 0 Å². The molecule has 0 fully saturated rings. The van der Waals surface area contributed by atoms with Gasteiger partial charge < -0.3 is 14.2 Å². The predicted octanol–water partition coefficient (Wildman–Crippen LogP) is 8.52. The van der Waals surface area contributed by atoms with E-state index in [0.717, 1.165) is 38.5 Å². The lowest BCUT2D eigenvalue weighted by Gasteiger charge is -2.37. The van der Waals surface area contributed by atoms with E-state index in [0.29, 0.717) is 0 Å². The molecule has 40 heavy (non-hydrogen) atoms. The second kappa shape index (κ2) is 8.95. The molecule has 0 saturated carbocycles. The lowest BCUT2D eigenvalue weighted by molar-refractivity contribution is -0.0893. The monoisotopic (exact) mass is 521 g/mol. The van der Waals surface area contributed by atoms with Gasteiger partial charge in [0, 0.05) is 10.8 Å². The summed E-state index contributed by atoms with van der Waals surface area (Å²) in [5, 5.41) is 20.2. The van der Waals surface area contributed by atoms with Crippen molar-refractivity contribution in [3.05, 3.63) is 103 Å². The van der Waals surface area contributed by atoms with Gasteiger partial charge in [-0.2, -0.15) is 0 Å². The number of fused-ring (bicyclic) bond motifs is 9. The number of aliphatic hydroxyl groups is 1. The third kappa shape index (κ3) is 3.99. The first-order valence-electron chi connectivity index (χ1n) is 13.7. The Labute approximate surface area is 234 Å². The van der Waals surface area contributed by atoms with Crippen molar-refractivity contribution in [2.45, 2.75) is 38.9 Å². The van der Waals surface area contributed by atoms with Gasteiger partial charge in [0.15, 0.2) is 0 Å².